The van der Waals surface area contributed by atoms with E-state index in [0.29, 0.717) is 0 Å². The predicted molar refractivity (Wildman–Crippen MR) is 42.2 cm³/mol. The Balaban J connectivity index is 2.55. The van der Waals surface area contributed by atoms with Crippen LogP contribution in [0.3, 0.4) is 0 Å². The molecule has 0 aromatic rings. The van der Waals surface area contributed by atoms with E-state index < -0.39 is 17.4 Å². The molecule has 0 aromatic carbocycles. The number of thioether (sulfide) groups is 1. The van der Waals surface area contributed by atoms with Gasteiger partial charge in [-0.05, 0) is 5.41 Å². The predicted octanol–water partition coefficient (Wildman–Crippen LogP) is 1.59. The molecule has 0 saturated carbocycles. The van der Waals surface area contributed by atoms with Gasteiger partial charge in [-0.25, -0.2) is 9.18 Å². The second-order valence-corrected chi connectivity index (χ2v) is 3.14. The summed E-state index contributed by atoms with van der Waals surface area (Å²) in [5.74, 6) is -1.40. The van der Waals surface area contributed by atoms with Crippen molar-refractivity contribution in [1.82, 2.24) is 0 Å². The molecule has 0 spiro atoms. The molecule has 0 saturated heterocycles. The highest BCUT2D eigenvalue weighted by Crippen LogP contribution is 2.23. The molecule has 4 heteroatoms. The number of carboxylic acid groups (broad SMARTS) is 1. The minimum Gasteiger partial charge on any atom is -0.479 e. The molecule has 1 rings (SSSR count). The lowest BCUT2D eigenvalue weighted by molar-refractivity contribution is -0.142. The summed E-state index contributed by atoms with van der Waals surface area (Å²) < 4.78 is 12.7. The maximum Gasteiger partial charge on any atom is 0.339 e. The number of rotatable bonds is 2. The van der Waals surface area contributed by atoms with E-state index in [1.54, 1.807) is 23.6 Å². The zero-order valence-electron chi connectivity index (χ0n) is 5.61. The van der Waals surface area contributed by atoms with Gasteiger partial charge in [0.05, 0.1) is 5.25 Å². The first-order valence-corrected chi connectivity index (χ1v) is 4.02. The zero-order valence-corrected chi connectivity index (χ0v) is 6.42. The molecule has 2 unspecified atom stereocenters. The number of carbonyl (C=O) groups is 1. The Kier molecular flexibility index (Phi) is 2.70. The summed E-state index contributed by atoms with van der Waals surface area (Å²) in [6.07, 6.45) is 3.14. The Morgan fingerprint density at radius 2 is 2.36 bits per heavy atom. The van der Waals surface area contributed by atoms with E-state index in [2.05, 4.69) is 0 Å². The Morgan fingerprint density at radius 1 is 1.64 bits per heavy atom. The second kappa shape index (κ2) is 3.57. The molecular formula is C7H7FO2S. The quantitative estimate of drug-likeness (QED) is 0.690. The van der Waals surface area contributed by atoms with Gasteiger partial charge < -0.3 is 5.11 Å². The average Bonchev–Trinajstić information content (AvgIpc) is 2.05. The molecule has 2 nitrogen and oxygen atoms in total. The van der Waals surface area contributed by atoms with E-state index >= 15 is 0 Å². The normalized spacial score (nSPS) is 25.0. The van der Waals surface area contributed by atoms with Crippen molar-refractivity contribution < 1.29 is 14.3 Å². The van der Waals surface area contributed by atoms with Crippen molar-refractivity contribution in [3.63, 3.8) is 0 Å². The van der Waals surface area contributed by atoms with Gasteiger partial charge >= 0.3 is 5.97 Å². The van der Waals surface area contributed by atoms with Crippen LogP contribution in [0.25, 0.3) is 0 Å². The first-order chi connectivity index (χ1) is 5.22. The molecule has 0 radical (unpaired) electrons. The van der Waals surface area contributed by atoms with E-state index in [0.717, 1.165) is 0 Å². The molecule has 60 valence electrons. The molecule has 1 heterocycles. The van der Waals surface area contributed by atoms with Gasteiger partial charge in [0.1, 0.15) is 0 Å². The van der Waals surface area contributed by atoms with Gasteiger partial charge in [0.2, 0.25) is 6.17 Å². The number of hydrogen-bond donors (Lipinski definition) is 1. The van der Waals surface area contributed by atoms with Crippen molar-refractivity contribution in [2.24, 2.45) is 0 Å². The van der Waals surface area contributed by atoms with Gasteiger partial charge in [0.15, 0.2) is 0 Å². The highest BCUT2D eigenvalue weighted by Gasteiger charge is 2.25. The molecule has 2 atom stereocenters. The molecule has 1 aliphatic rings. The van der Waals surface area contributed by atoms with Crippen LogP contribution in [-0.2, 0) is 4.79 Å². The summed E-state index contributed by atoms with van der Waals surface area (Å²) in [4.78, 5) is 10.2. The highest BCUT2D eigenvalue weighted by molar-refractivity contribution is 8.03. The second-order valence-electron chi connectivity index (χ2n) is 2.05. The summed E-state index contributed by atoms with van der Waals surface area (Å²) >= 11 is 1.18. The monoisotopic (exact) mass is 174 g/mol. The van der Waals surface area contributed by atoms with E-state index in [1.165, 1.54) is 11.8 Å². The minimum absolute atomic E-state index is 0.572. The van der Waals surface area contributed by atoms with Gasteiger partial charge in [-0.15, -0.1) is 11.8 Å². The Labute approximate surface area is 67.8 Å². The van der Waals surface area contributed by atoms with E-state index in [9.17, 15) is 9.18 Å². The molecule has 0 amide bonds. The Hall–Kier alpha value is -0.770. The third kappa shape index (κ3) is 2.08. The lowest BCUT2D eigenvalue weighted by Gasteiger charge is -2.12. The SMILES string of the molecule is O=C(O)C(F)C1C=CC=CS1. The van der Waals surface area contributed by atoms with Gasteiger partial charge in [0.25, 0.3) is 0 Å². The van der Waals surface area contributed by atoms with Gasteiger partial charge in [-0.3, -0.25) is 0 Å². The van der Waals surface area contributed by atoms with Crippen LogP contribution in [0.5, 0.6) is 0 Å². The van der Waals surface area contributed by atoms with Crippen molar-refractivity contribution in [2.75, 3.05) is 0 Å². The largest absolute Gasteiger partial charge is 0.479 e. The molecule has 1 aliphatic heterocycles. The van der Waals surface area contributed by atoms with E-state index in [4.69, 9.17) is 5.11 Å². The van der Waals surface area contributed by atoms with Crippen LogP contribution in [0.1, 0.15) is 0 Å². The molecule has 11 heavy (non-hydrogen) atoms. The fourth-order valence-corrected chi connectivity index (χ4v) is 1.51. The number of hydrogen-bond acceptors (Lipinski definition) is 2. The van der Waals surface area contributed by atoms with Crippen LogP contribution in [0.2, 0.25) is 0 Å². The average molecular weight is 174 g/mol. The standard InChI is InChI=1S/C7H7FO2S/c8-6(7(9)10)5-3-1-2-4-11-5/h1-6H,(H,9,10). The molecule has 0 aliphatic carbocycles. The molecule has 0 aromatic heterocycles. The van der Waals surface area contributed by atoms with Crippen molar-refractivity contribution in [1.29, 1.82) is 0 Å². The first-order valence-electron chi connectivity index (χ1n) is 3.07. The number of carboxylic acids is 1. The van der Waals surface area contributed by atoms with Gasteiger partial charge in [0, 0.05) is 0 Å². The number of halogens is 1. The summed E-state index contributed by atoms with van der Waals surface area (Å²) in [5.41, 5.74) is 0. The molecule has 0 fully saturated rings. The Bertz CT molecular complexity index is 212. The summed E-state index contributed by atoms with van der Waals surface area (Å²) in [6, 6.07) is 0. The molecule has 0 bridgehead atoms. The van der Waals surface area contributed by atoms with Crippen LogP contribution in [-0.4, -0.2) is 22.5 Å². The number of alkyl halides is 1. The van der Waals surface area contributed by atoms with Gasteiger partial charge in [-0.1, -0.05) is 18.2 Å². The van der Waals surface area contributed by atoms with E-state index in [-0.39, 0.29) is 0 Å². The van der Waals surface area contributed by atoms with Crippen molar-refractivity contribution in [3.05, 3.63) is 23.6 Å². The van der Waals surface area contributed by atoms with Crippen LogP contribution in [0.15, 0.2) is 23.6 Å². The lowest BCUT2D eigenvalue weighted by Crippen LogP contribution is -2.25. The van der Waals surface area contributed by atoms with Crippen LogP contribution >= 0.6 is 11.8 Å². The van der Waals surface area contributed by atoms with Gasteiger partial charge in [-0.2, -0.15) is 0 Å². The zero-order chi connectivity index (χ0) is 8.27. The van der Waals surface area contributed by atoms with Crippen LogP contribution < -0.4 is 0 Å². The summed E-state index contributed by atoms with van der Waals surface area (Å²) in [7, 11) is 0. The first kappa shape index (κ1) is 8.33. The van der Waals surface area contributed by atoms with Crippen molar-refractivity contribution in [3.8, 4) is 0 Å². The number of allylic oxidation sites excluding steroid dienone is 2. The third-order valence-electron chi connectivity index (χ3n) is 1.25. The van der Waals surface area contributed by atoms with Crippen molar-refractivity contribution >= 4 is 17.7 Å². The van der Waals surface area contributed by atoms with E-state index in [1.807, 2.05) is 0 Å². The van der Waals surface area contributed by atoms with Crippen molar-refractivity contribution in [2.45, 2.75) is 11.4 Å². The third-order valence-corrected chi connectivity index (χ3v) is 2.28. The minimum atomic E-state index is -1.80. The summed E-state index contributed by atoms with van der Waals surface area (Å²) in [6.45, 7) is 0. The molecule has 1 N–H and O–H groups in total. The fraction of sp³-hybridized carbons (Fsp3) is 0.286. The summed E-state index contributed by atoms with van der Waals surface area (Å²) in [5, 5.41) is 9.40. The topological polar surface area (TPSA) is 37.3 Å². The fourth-order valence-electron chi connectivity index (χ4n) is 0.708. The van der Waals surface area contributed by atoms with Crippen LogP contribution in [0, 0.1) is 0 Å². The Morgan fingerprint density at radius 3 is 2.82 bits per heavy atom. The number of aliphatic carboxylic acids is 1. The molecular weight excluding hydrogens is 167 g/mol. The lowest BCUT2D eigenvalue weighted by atomic mass is 10.2. The van der Waals surface area contributed by atoms with Crippen LogP contribution in [0.4, 0.5) is 4.39 Å². The highest BCUT2D eigenvalue weighted by atomic mass is 32.2. The smallest absolute Gasteiger partial charge is 0.339 e. The maximum atomic E-state index is 12.7. The maximum absolute atomic E-state index is 12.7.